The number of aliphatic hydroxyl groups is 2. The van der Waals surface area contributed by atoms with Gasteiger partial charge < -0.3 is 15.5 Å². The summed E-state index contributed by atoms with van der Waals surface area (Å²) in [5.41, 5.74) is 0. The smallest absolute Gasteiger partial charge is 0.220 e. The molecule has 154 valence electrons. The number of hydrogen-bond acceptors (Lipinski definition) is 3. The molecule has 0 radical (unpaired) electrons. The quantitative estimate of drug-likeness (QED) is 0.238. The average molecular weight is 370 g/mol. The minimum atomic E-state index is -0.825. The van der Waals surface area contributed by atoms with Gasteiger partial charge in [-0.25, -0.2) is 0 Å². The van der Waals surface area contributed by atoms with Crippen LogP contribution in [0.15, 0.2) is 12.2 Å². The zero-order chi connectivity index (χ0) is 19.5. The van der Waals surface area contributed by atoms with Crippen molar-refractivity contribution >= 4 is 5.91 Å². The molecule has 0 saturated carbocycles. The number of carbonyl (C=O) groups is 1. The van der Waals surface area contributed by atoms with Crippen LogP contribution < -0.4 is 5.32 Å². The predicted molar refractivity (Wildman–Crippen MR) is 110 cm³/mol. The zero-order valence-corrected chi connectivity index (χ0v) is 17.2. The van der Waals surface area contributed by atoms with Crippen molar-refractivity contribution in [1.29, 1.82) is 0 Å². The molecule has 0 fully saturated rings. The summed E-state index contributed by atoms with van der Waals surface area (Å²) in [5.74, 6) is -0.0936. The van der Waals surface area contributed by atoms with Crippen molar-refractivity contribution in [2.75, 3.05) is 6.61 Å². The van der Waals surface area contributed by atoms with Gasteiger partial charge in [0, 0.05) is 6.42 Å². The third-order valence-corrected chi connectivity index (χ3v) is 4.77. The van der Waals surface area contributed by atoms with E-state index in [9.17, 15) is 15.0 Å². The maximum atomic E-state index is 11.8. The number of rotatable bonds is 18. The topological polar surface area (TPSA) is 69.6 Å². The van der Waals surface area contributed by atoms with E-state index in [0.717, 1.165) is 32.1 Å². The molecule has 26 heavy (non-hydrogen) atoms. The molecule has 0 aromatic rings. The monoisotopic (exact) mass is 369 g/mol. The first-order valence-corrected chi connectivity index (χ1v) is 10.9. The first-order valence-electron chi connectivity index (χ1n) is 10.9. The van der Waals surface area contributed by atoms with E-state index in [1.54, 1.807) is 6.08 Å². The number of allylic oxidation sites excluding steroid dienone is 1. The highest BCUT2D eigenvalue weighted by molar-refractivity contribution is 5.76. The van der Waals surface area contributed by atoms with Crippen LogP contribution in [-0.2, 0) is 4.79 Å². The molecule has 0 bridgehead atoms. The molecule has 3 N–H and O–H groups in total. The van der Waals surface area contributed by atoms with Crippen molar-refractivity contribution in [3.63, 3.8) is 0 Å². The van der Waals surface area contributed by atoms with Gasteiger partial charge in [0.25, 0.3) is 0 Å². The van der Waals surface area contributed by atoms with Crippen LogP contribution in [-0.4, -0.2) is 34.9 Å². The van der Waals surface area contributed by atoms with Crippen LogP contribution in [0, 0.1) is 0 Å². The number of aliphatic hydroxyl groups excluding tert-OH is 2. The molecular weight excluding hydrogens is 326 g/mol. The molecule has 1 amide bonds. The lowest BCUT2D eigenvalue weighted by Crippen LogP contribution is -2.45. The van der Waals surface area contributed by atoms with Gasteiger partial charge in [0.05, 0.1) is 18.8 Å². The Morgan fingerprint density at radius 1 is 0.885 bits per heavy atom. The normalized spacial score (nSPS) is 13.8. The summed E-state index contributed by atoms with van der Waals surface area (Å²) in [6.07, 6.45) is 18.9. The van der Waals surface area contributed by atoms with Gasteiger partial charge in [0.15, 0.2) is 0 Å². The van der Waals surface area contributed by atoms with E-state index in [-0.39, 0.29) is 12.5 Å². The Morgan fingerprint density at radius 3 is 2.00 bits per heavy atom. The minimum Gasteiger partial charge on any atom is -0.394 e. The third kappa shape index (κ3) is 15.4. The van der Waals surface area contributed by atoms with Gasteiger partial charge in [-0.05, 0) is 19.3 Å². The summed E-state index contributed by atoms with van der Waals surface area (Å²) in [4.78, 5) is 11.8. The van der Waals surface area contributed by atoms with E-state index >= 15 is 0 Å². The maximum absolute atomic E-state index is 11.8. The number of hydrogen-bond donors (Lipinski definition) is 3. The molecule has 0 rings (SSSR count). The minimum absolute atomic E-state index is 0.0936. The largest absolute Gasteiger partial charge is 0.394 e. The number of unbranched alkanes of at least 4 members (excludes halogenated alkanes) is 11. The maximum Gasteiger partial charge on any atom is 0.220 e. The van der Waals surface area contributed by atoms with Crippen molar-refractivity contribution < 1.29 is 15.0 Å². The summed E-state index contributed by atoms with van der Waals surface area (Å²) in [5, 5.41) is 22.2. The average Bonchev–Trinajstić information content (AvgIpc) is 2.64. The fourth-order valence-corrected chi connectivity index (χ4v) is 3.00. The van der Waals surface area contributed by atoms with Crippen LogP contribution in [0.3, 0.4) is 0 Å². The highest BCUT2D eigenvalue weighted by Crippen LogP contribution is 2.11. The van der Waals surface area contributed by atoms with E-state index in [0.29, 0.717) is 6.42 Å². The highest BCUT2D eigenvalue weighted by atomic mass is 16.3. The van der Waals surface area contributed by atoms with Gasteiger partial charge in [-0.3, -0.25) is 4.79 Å². The molecule has 0 saturated heterocycles. The fourth-order valence-electron chi connectivity index (χ4n) is 3.00. The van der Waals surface area contributed by atoms with Crippen molar-refractivity contribution in [2.24, 2.45) is 0 Å². The van der Waals surface area contributed by atoms with Crippen molar-refractivity contribution in [3.8, 4) is 0 Å². The van der Waals surface area contributed by atoms with Crippen molar-refractivity contribution in [2.45, 2.75) is 116 Å². The van der Waals surface area contributed by atoms with E-state index < -0.39 is 12.1 Å². The third-order valence-electron chi connectivity index (χ3n) is 4.77. The van der Waals surface area contributed by atoms with Crippen molar-refractivity contribution in [3.05, 3.63) is 12.2 Å². The Hall–Kier alpha value is -0.870. The Labute approximate surface area is 161 Å². The zero-order valence-electron chi connectivity index (χ0n) is 17.2. The SMILES string of the molecule is CCCCCCCCCCC/C=C/[C@@H](O)[C@H](CO)NC(=O)CCCCC. The van der Waals surface area contributed by atoms with Crippen LogP contribution >= 0.6 is 0 Å². The molecule has 0 aliphatic carbocycles. The van der Waals surface area contributed by atoms with Gasteiger partial charge >= 0.3 is 0 Å². The number of nitrogens with one attached hydrogen (secondary N) is 1. The predicted octanol–water partition coefficient (Wildman–Crippen LogP) is 4.88. The number of carbonyl (C=O) groups excluding carboxylic acids is 1. The Kier molecular flexibility index (Phi) is 18.3. The summed E-state index contributed by atoms with van der Waals surface area (Å²) < 4.78 is 0. The second kappa shape index (κ2) is 18.9. The Balaban J connectivity index is 3.74. The highest BCUT2D eigenvalue weighted by Gasteiger charge is 2.17. The fraction of sp³-hybridized carbons (Fsp3) is 0.864. The standard InChI is InChI=1S/C22H43NO3/c1-3-5-7-8-9-10-11-12-13-14-16-17-21(25)20(19-24)23-22(26)18-15-6-4-2/h16-17,20-21,24-25H,3-15,18-19H2,1-2H3,(H,23,26)/b17-16+/t20-,21+/m0/s1. The lowest BCUT2D eigenvalue weighted by Gasteiger charge is -2.19. The van der Waals surface area contributed by atoms with Crippen LogP contribution in [0.2, 0.25) is 0 Å². The van der Waals surface area contributed by atoms with Gasteiger partial charge in [-0.1, -0.05) is 90.2 Å². The molecule has 0 aromatic carbocycles. The molecule has 0 aliphatic heterocycles. The van der Waals surface area contributed by atoms with E-state index in [4.69, 9.17) is 0 Å². The molecule has 2 atom stereocenters. The van der Waals surface area contributed by atoms with Crippen molar-refractivity contribution in [1.82, 2.24) is 5.32 Å². The molecule has 0 unspecified atom stereocenters. The lowest BCUT2D eigenvalue weighted by molar-refractivity contribution is -0.123. The van der Waals surface area contributed by atoms with E-state index in [1.807, 2.05) is 6.08 Å². The molecule has 0 aromatic heterocycles. The first kappa shape index (κ1) is 25.1. The molecule has 4 nitrogen and oxygen atoms in total. The summed E-state index contributed by atoms with van der Waals surface area (Å²) in [7, 11) is 0. The number of amides is 1. The summed E-state index contributed by atoms with van der Waals surface area (Å²) >= 11 is 0. The van der Waals surface area contributed by atoms with Crippen LogP contribution in [0.5, 0.6) is 0 Å². The van der Waals surface area contributed by atoms with Gasteiger partial charge in [-0.2, -0.15) is 0 Å². The van der Waals surface area contributed by atoms with Gasteiger partial charge in [0.1, 0.15) is 0 Å². The molecular formula is C22H43NO3. The molecule has 0 aliphatic rings. The molecule has 0 spiro atoms. The Bertz CT molecular complexity index is 344. The molecule has 4 heteroatoms. The Morgan fingerprint density at radius 2 is 1.42 bits per heavy atom. The van der Waals surface area contributed by atoms with Crippen LogP contribution in [0.25, 0.3) is 0 Å². The summed E-state index contributed by atoms with van der Waals surface area (Å²) in [6, 6.07) is -0.608. The summed E-state index contributed by atoms with van der Waals surface area (Å²) in [6.45, 7) is 4.09. The second-order valence-electron chi connectivity index (χ2n) is 7.35. The van der Waals surface area contributed by atoms with E-state index in [1.165, 1.54) is 51.4 Å². The van der Waals surface area contributed by atoms with Crippen LogP contribution in [0.1, 0.15) is 104 Å². The second-order valence-corrected chi connectivity index (χ2v) is 7.35. The lowest BCUT2D eigenvalue weighted by atomic mass is 10.1. The van der Waals surface area contributed by atoms with E-state index in [2.05, 4.69) is 19.2 Å². The van der Waals surface area contributed by atoms with Crippen LogP contribution in [0.4, 0.5) is 0 Å². The van der Waals surface area contributed by atoms with Gasteiger partial charge in [-0.15, -0.1) is 0 Å². The molecule has 0 heterocycles. The first-order chi connectivity index (χ1) is 12.7. The van der Waals surface area contributed by atoms with Gasteiger partial charge in [0.2, 0.25) is 5.91 Å².